The Balaban J connectivity index is 2.05. The van der Waals surface area contributed by atoms with E-state index in [-0.39, 0.29) is 0 Å². The summed E-state index contributed by atoms with van der Waals surface area (Å²) in [5.74, 6) is 1.02. The molecule has 0 aromatic carbocycles. The van der Waals surface area contributed by atoms with E-state index in [0.29, 0.717) is 0 Å². The second-order valence-corrected chi connectivity index (χ2v) is 4.79. The van der Waals surface area contributed by atoms with Gasteiger partial charge >= 0.3 is 0 Å². The molecular weight excluding hydrogens is 128 g/mol. The van der Waals surface area contributed by atoms with Gasteiger partial charge in [-0.15, -0.1) is 0 Å². The molecule has 0 spiro atoms. The molecular formula is C8H16S. The third-order valence-electron chi connectivity index (χ3n) is 2.02. The number of thioether (sulfide) groups is 1. The number of hydrogen-bond acceptors (Lipinski definition) is 1. The van der Waals surface area contributed by atoms with E-state index in [4.69, 9.17) is 0 Å². The van der Waals surface area contributed by atoms with E-state index in [9.17, 15) is 0 Å². The van der Waals surface area contributed by atoms with Crippen molar-refractivity contribution in [2.45, 2.75) is 44.1 Å². The summed E-state index contributed by atoms with van der Waals surface area (Å²) in [5.41, 5.74) is 0. The third kappa shape index (κ3) is 2.21. The first-order chi connectivity index (χ1) is 4.24. The first kappa shape index (κ1) is 7.46. The van der Waals surface area contributed by atoms with Gasteiger partial charge in [0.15, 0.2) is 0 Å². The van der Waals surface area contributed by atoms with Crippen molar-refractivity contribution < 1.29 is 0 Å². The van der Waals surface area contributed by atoms with Crippen molar-refractivity contribution in [1.29, 1.82) is 0 Å². The van der Waals surface area contributed by atoms with Crippen LogP contribution in [0.15, 0.2) is 0 Å². The normalized spacial score (nSPS) is 36.3. The fraction of sp³-hybridized carbons (Fsp3) is 1.00. The molecule has 3 unspecified atom stereocenters. The first-order valence-corrected chi connectivity index (χ1v) is 4.83. The quantitative estimate of drug-likeness (QED) is 0.587. The van der Waals surface area contributed by atoms with Crippen molar-refractivity contribution in [3.05, 3.63) is 0 Å². The predicted molar refractivity (Wildman–Crippen MR) is 44.9 cm³/mol. The van der Waals surface area contributed by atoms with Crippen LogP contribution in [0.3, 0.4) is 0 Å². The molecule has 3 atom stereocenters. The lowest BCUT2D eigenvalue weighted by atomic mass is 10.4. The van der Waals surface area contributed by atoms with Crippen LogP contribution in [0, 0.1) is 5.92 Å². The highest BCUT2D eigenvalue weighted by Gasteiger charge is 2.33. The van der Waals surface area contributed by atoms with Gasteiger partial charge in [-0.2, -0.15) is 11.8 Å². The SMILES string of the molecule is CCC(C)SC1CC1C. The second kappa shape index (κ2) is 2.96. The Kier molecular flexibility index (Phi) is 2.45. The molecule has 0 N–H and O–H groups in total. The van der Waals surface area contributed by atoms with Gasteiger partial charge in [0.2, 0.25) is 0 Å². The molecule has 0 bridgehead atoms. The van der Waals surface area contributed by atoms with E-state index in [1.165, 1.54) is 12.8 Å². The molecule has 1 fully saturated rings. The number of rotatable bonds is 3. The molecule has 1 aliphatic carbocycles. The third-order valence-corrected chi connectivity index (χ3v) is 3.82. The largest absolute Gasteiger partial charge is 0.155 e. The van der Waals surface area contributed by atoms with E-state index < -0.39 is 0 Å². The van der Waals surface area contributed by atoms with E-state index >= 15 is 0 Å². The maximum Gasteiger partial charge on any atom is 0.00787 e. The smallest absolute Gasteiger partial charge is 0.00787 e. The zero-order valence-corrected chi connectivity index (χ0v) is 7.37. The Morgan fingerprint density at radius 3 is 2.56 bits per heavy atom. The molecule has 1 rings (SSSR count). The molecule has 0 heterocycles. The molecule has 1 aliphatic rings. The van der Waals surface area contributed by atoms with Gasteiger partial charge in [-0.05, 0) is 18.8 Å². The molecule has 0 nitrogen and oxygen atoms in total. The van der Waals surface area contributed by atoms with E-state index in [0.717, 1.165) is 16.4 Å². The van der Waals surface area contributed by atoms with Crippen LogP contribution in [0.4, 0.5) is 0 Å². The summed E-state index contributed by atoms with van der Waals surface area (Å²) in [4.78, 5) is 0. The van der Waals surface area contributed by atoms with Gasteiger partial charge < -0.3 is 0 Å². The Hall–Kier alpha value is 0.350. The lowest BCUT2D eigenvalue weighted by molar-refractivity contribution is 0.900. The molecule has 0 saturated heterocycles. The Morgan fingerprint density at radius 1 is 1.67 bits per heavy atom. The predicted octanol–water partition coefficient (Wildman–Crippen LogP) is 2.93. The van der Waals surface area contributed by atoms with Gasteiger partial charge in [0.05, 0.1) is 0 Å². The van der Waals surface area contributed by atoms with Crippen LogP contribution in [0.1, 0.15) is 33.6 Å². The molecule has 0 aliphatic heterocycles. The maximum atomic E-state index is 2.35. The fourth-order valence-electron chi connectivity index (χ4n) is 0.872. The van der Waals surface area contributed by atoms with Gasteiger partial charge in [-0.1, -0.05) is 20.8 Å². The topological polar surface area (TPSA) is 0 Å². The van der Waals surface area contributed by atoms with E-state index in [1.54, 1.807) is 0 Å². The van der Waals surface area contributed by atoms with Gasteiger partial charge in [-0.3, -0.25) is 0 Å². The van der Waals surface area contributed by atoms with Crippen molar-refractivity contribution in [2.24, 2.45) is 5.92 Å². The van der Waals surface area contributed by atoms with Crippen molar-refractivity contribution in [3.63, 3.8) is 0 Å². The molecule has 0 aromatic rings. The second-order valence-electron chi connectivity index (χ2n) is 3.11. The van der Waals surface area contributed by atoms with Crippen LogP contribution < -0.4 is 0 Å². The van der Waals surface area contributed by atoms with Crippen molar-refractivity contribution in [2.75, 3.05) is 0 Å². The Labute approximate surface area is 62.4 Å². The zero-order chi connectivity index (χ0) is 6.85. The van der Waals surface area contributed by atoms with E-state index in [2.05, 4.69) is 32.5 Å². The van der Waals surface area contributed by atoms with Gasteiger partial charge in [0, 0.05) is 10.5 Å². The summed E-state index contributed by atoms with van der Waals surface area (Å²) in [7, 11) is 0. The zero-order valence-electron chi connectivity index (χ0n) is 6.55. The van der Waals surface area contributed by atoms with Crippen molar-refractivity contribution in [1.82, 2.24) is 0 Å². The van der Waals surface area contributed by atoms with Crippen LogP contribution in [0.5, 0.6) is 0 Å². The summed E-state index contributed by atoms with van der Waals surface area (Å²) >= 11 is 2.17. The Morgan fingerprint density at radius 2 is 2.22 bits per heavy atom. The minimum Gasteiger partial charge on any atom is -0.155 e. The molecule has 0 radical (unpaired) electrons. The van der Waals surface area contributed by atoms with Crippen LogP contribution >= 0.6 is 11.8 Å². The highest BCUT2D eigenvalue weighted by Crippen LogP contribution is 2.43. The van der Waals surface area contributed by atoms with Gasteiger partial charge in [0.25, 0.3) is 0 Å². The van der Waals surface area contributed by atoms with Crippen molar-refractivity contribution in [3.8, 4) is 0 Å². The molecule has 0 aromatic heterocycles. The fourth-order valence-corrected chi connectivity index (χ4v) is 2.34. The van der Waals surface area contributed by atoms with Crippen LogP contribution in [-0.2, 0) is 0 Å². The summed E-state index contributed by atoms with van der Waals surface area (Å²) in [5, 5.41) is 1.90. The average Bonchev–Trinajstić information content (AvgIpc) is 2.47. The summed E-state index contributed by atoms with van der Waals surface area (Å²) in [6, 6.07) is 0. The highest BCUT2D eigenvalue weighted by molar-refractivity contribution is 8.00. The Bertz CT molecular complexity index is 88.6. The summed E-state index contributed by atoms with van der Waals surface area (Å²) in [6.07, 6.45) is 2.79. The van der Waals surface area contributed by atoms with E-state index in [1.807, 2.05) is 0 Å². The molecule has 1 saturated carbocycles. The molecule has 1 heteroatoms. The van der Waals surface area contributed by atoms with Crippen LogP contribution in [-0.4, -0.2) is 10.5 Å². The average molecular weight is 144 g/mol. The standard InChI is InChI=1S/C8H16S/c1-4-7(3)9-8-5-6(8)2/h6-8H,4-5H2,1-3H3. The maximum absolute atomic E-state index is 2.35. The van der Waals surface area contributed by atoms with Crippen LogP contribution in [0.2, 0.25) is 0 Å². The molecule has 9 heavy (non-hydrogen) atoms. The summed E-state index contributed by atoms with van der Waals surface area (Å²) in [6.45, 7) is 6.94. The lowest BCUT2D eigenvalue weighted by Gasteiger charge is -2.05. The van der Waals surface area contributed by atoms with Gasteiger partial charge in [0.1, 0.15) is 0 Å². The van der Waals surface area contributed by atoms with Crippen molar-refractivity contribution >= 4 is 11.8 Å². The van der Waals surface area contributed by atoms with Crippen LogP contribution in [0.25, 0.3) is 0 Å². The minimum atomic E-state index is 0.889. The minimum absolute atomic E-state index is 0.889. The summed E-state index contributed by atoms with van der Waals surface area (Å²) < 4.78 is 0. The monoisotopic (exact) mass is 144 g/mol. The number of hydrogen-bond donors (Lipinski definition) is 0. The lowest BCUT2D eigenvalue weighted by Crippen LogP contribution is -1.94. The first-order valence-electron chi connectivity index (χ1n) is 3.89. The molecule has 0 amide bonds. The highest BCUT2D eigenvalue weighted by atomic mass is 32.2. The van der Waals surface area contributed by atoms with Gasteiger partial charge in [-0.25, -0.2) is 0 Å². The molecule has 54 valence electrons.